The summed E-state index contributed by atoms with van der Waals surface area (Å²) in [6, 6.07) is 10.6. The van der Waals surface area contributed by atoms with Crippen molar-refractivity contribution in [3.63, 3.8) is 0 Å². The van der Waals surface area contributed by atoms with E-state index in [1.54, 1.807) is 43.3 Å². The normalized spacial score (nSPS) is 17.2. The zero-order valence-electron chi connectivity index (χ0n) is 22.2. The van der Waals surface area contributed by atoms with Gasteiger partial charge in [0.2, 0.25) is 5.91 Å². The molecule has 0 unspecified atom stereocenters. The number of hydrogen-bond donors (Lipinski definition) is 3. The van der Waals surface area contributed by atoms with Gasteiger partial charge in [0, 0.05) is 31.1 Å². The molecular weight excluding hydrogens is 550 g/mol. The number of benzene rings is 2. The Hall–Kier alpha value is -3.89. The number of carbonyl (C=O) groups excluding carboxylic acids is 2. The lowest BCUT2D eigenvalue weighted by molar-refractivity contribution is -0.122. The zero-order chi connectivity index (χ0) is 28.6. The Morgan fingerprint density at radius 3 is 2.67 bits per heavy atom. The van der Waals surface area contributed by atoms with Crippen LogP contribution in [0.2, 0.25) is 5.02 Å². The van der Waals surface area contributed by atoms with Crippen molar-refractivity contribution in [3.8, 4) is 0 Å². The predicted octanol–water partition coefficient (Wildman–Crippen LogP) is 5.85. The standard InChI is InChI=1S/C29H28ClN5O4S/c1-4-20-24(28(38)39)25(35(2)3)18-12-15(8-11-21(18)32-20)13-23-27(37)34-29(40-23)33-22-14-17(9-10-19(22)30)31-26(36)16-6-5-7-16/h8-14,16H,4-7H2,1-3H3,(H,31,36)(H,38,39)(H,33,34,37). The Morgan fingerprint density at radius 1 is 1.25 bits per heavy atom. The summed E-state index contributed by atoms with van der Waals surface area (Å²) in [7, 11) is 3.60. The molecule has 1 aromatic heterocycles. The first-order chi connectivity index (χ1) is 19.1. The van der Waals surface area contributed by atoms with E-state index in [-0.39, 0.29) is 23.3 Å². The topological polar surface area (TPSA) is 124 Å². The van der Waals surface area contributed by atoms with Crippen LogP contribution in [0.3, 0.4) is 0 Å². The van der Waals surface area contributed by atoms with Gasteiger partial charge in [0.15, 0.2) is 5.17 Å². The number of pyridine rings is 1. The first-order valence-electron chi connectivity index (χ1n) is 12.9. The van der Waals surface area contributed by atoms with E-state index in [1.807, 2.05) is 25.1 Å². The quantitative estimate of drug-likeness (QED) is 0.301. The van der Waals surface area contributed by atoms with Crippen LogP contribution in [0.5, 0.6) is 0 Å². The van der Waals surface area contributed by atoms with Crippen molar-refractivity contribution in [3.05, 3.63) is 63.1 Å². The average molecular weight is 578 g/mol. The van der Waals surface area contributed by atoms with Gasteiger partial charge in [-0.2, -0.15) is 0 Å². The molecule has 2 heterocycles. The second-order valence-corrected chi connectivity index (χ2v) is 11.3. The van der Waals surface area contributed by atoms with Gasteiger partial charge < -0.3 is 20.6 Å². The monoisotopic (exact) mass is 577 g/mol. The molecular formula is C29H28ClN5O4S. The Morgan fingerprint density at radius 2 is 2.02 bits per heavy atom. The van der Waals surface area contributed by atoms with Crippen LogP contribution in [-0.2, 0) is 16.0 Å². The molecule has 1 aliphatic carbocycles. The van der Waals surface area contributed by atoms with Gasteiger partial charge in [0.05, 0.1) is 32.5 Å². The van der Waals surface area contributed by atoms with E-state index >= 15 is 0 Å². The van der Waals surface area contributed by atoms with Crippen LogP contribution in [0.25, 0.3) is 17.0 Å². The maximum Gasteiger partial charge on any atom is 0.339 e. The van der Waals surface area contributed by atoms with Crippen LogP contribution in [-0.4, -0.2) is 47.1 Å². The molecule has 1 saturated heterocycles. The molecule has 40 heavy (non-hydrogen) atoms. The van der Waals surface area contributed by atoms with Crippen molar-refractivity contribution in [1.29, 1.82) is 0 Å². The van der Waals surface area contributed by atoms with Crippen LogP contribution < -0.4 is 15.5 Å². The summed E-state index contributed by atoms with van der Waals surface area (Å²) in [4.78, 5) is 48.5. The van der Waals surface area contributed by atoms with E-state index in [2.05, 4.69) is 20.6 Å². The number of amides is 2. The number of thioether (sulfide) groups is 1. The highest BCUT2D eigenvalue weighted by Crippen LogP contribution is 2.36. The fourth-order valence-corrected chi connectivity index (χ4v) is 5.68. The second kappa shape index (κ2) is 11.3. The van der Waals surface area contributed by atoms with Crippen molar-refractivity contribution in [2.24, 2.45) is 10.9 Å². The Kier molecular flexibility index (Phi) is 7.82. The molecule has 1 aliphatic heterocycles. The molecule has 0 spiro atoms. The van der Waals surface area contributed by atoms with E-state index in [0.717, 1.165) is 24.8 Å². The van der Waals surface area contributed by atoms with Gasteiger partial charge in [0.1, 0.15) is 5.56 Å². The molecule has 0 radical (unpaired) electrons. The lowest BCUT2D eigenvalue weighted by Crippen LogP contribution is -2.27. The smallest absolute Gasteiger partial charge is 0.339 e. The van der Waals surface area contributed by atoms with Gasteiger partial charge in [-0.25, -0.2) is 9.79 Å². The van der Waals surface area contributed by atoms with E-state index in [9.17, 15) is 19.5 Å². The van der Waals surface area contributed by atoms with E-state index in [4.69, 9.17) is 11.6 Å². The fraction of sp³-hybridized carbons (Fsp3) is 0.276. The van der Waals surface area contributed by atoms with Gasteiger partial charge >= 0.3 is 5.97 Å². The number of carbonyl (C=O) groups is 3. The number of aliphatic imine (C=N–C) groups is 1. The Balaban J connectivity index is 1.44. The van der Waals surface area contributed by atoms with Crippen LogP contribution in [0, 0.1) is 5.92 Å². The summed E-state index contributed by atoms with van der Waals surface area (Å²) >= 11 is 7.53. The number of aromatic carboxylic acids is 1. The number of aromatic nitrogens is 1. The molecule has 5 rings (SSSR count). The number of nitrogens with one attached hydrogen (secondary N) is 2. The molecule has 2 aromatic carbocycles. The molecule has 2 amide bonds. The molecule has 9 nitrogen and oxygen atoms in total. The molecule has 11 heteroatoms. The van der Waals surface area contributed by atoms with Gasteiger partial charge in [0.25, 0.3) is 5.91 Å². The van der Waals surface area contributed by atoms with Crippen molar-refractivity contribution >= 4 is 80.4 Å². The summed E-state index contributed by atoms with van der Waals surface area (Å²) in [5.41, 5.74) is 3.69. The minimum Gasteiger partial charge on any atom is -0.478 e. The highest BCUT2D eigenvalue weighted by Gasteiger charge is 2.27. The minimum absolute atomic E-state index is 0.00894. The molecule has 1 saturated carbocycles. The second-order valence-electron chi connectivity index (χ2n) is 9.88. The molecule has 2 aliphatic rings. The molecule has 3 N–H and O–H groups in total. The maximum atomic E-state index is 12.8. The number of nitrogens with zero attached hydrogens (tertiary/aromatic N) is 3. The van der Waals surface area contributed by atoms with Crippen molar-refractivity contribution < 1.29 is 19.5 Å². The van der Waals surface area contributed by atoms with Crippen LogP contribution >= 0.6 is 23.4 Å². The maximum absolute atomic E-state index is 12.8. The van der Waals surface area contributed by atoms with Crippen molar-refractivity contribution in [2.75, 3.05) is 24.3 Å². The number of fused-ring (bicyclic) bond motifs is 1. The largest absolute Gasteiger partial charge is 0.478 e. The third-order valence-electron chi connectivity index (χ3n) is 6.91. The number of carboxylic acid groups (broad SMARTS) is 1. The number of carboxylic acids is 1. The number of aryl methyl sites for hydroxylation is 1. The number of hydrogen-bond acceptors (Lipinski definition) is 7. The molecule has 3 aromatic rings. The van der Waals surface area contributed by atoms with Gasteiger partial charge in [-0.05, 0) is 73.0 Å². The molecule has 206 valence electrons. The average Bonchev–Trinajstić information content (AvgIpc) is 3.21. The Bertz CT molecular complexity index is 1610. The van der Waals surface area contributed by atoms with Gasteiger partial charge in [-0.3, -0.25) is 14.6 Å². The van der Waals surface area contributed by atoms with Gasteiger partial charge in [-0.15, -0.1) is 0 Å². The van der Waals surface area contributed by atoms with Crippen LogP contribution in [0.4, 0.5) is 17.1 Å². The van der Waals surface area contributed by atoms with E-state index in [0.29, 0.717) is 55.2 Å². The number of rotatable bonds is 7. The summed E-state index contributed by atoms with van der Waals surface area (Å²) < 4.78 is 0. The zero-order valence-corrected chi connectivity index (χ0v) is 23.8. The van der Waals surface area contributed by atoms with E-state index < -0.39 is 5.97 Å². The highest BCUT2D eigenvalue weighted by atomic mass is 35.5. The van der Waals surface area contributed by atoms with E-state index in [1.165, 1.54) is 11.8 Å². The highest BCUT2D eigenvalue weighted by molar-refractivity contribution is 8.18. The number of amidine groups is 1. The number of anilines is 2. The third kappa shape index (κ3) is 5.55. The first kappa shape index (κ1) is 27.7. The third-order valence-corrected chi connectivity index (χ3v) is 8.14. The number of halogens is 1. The first-order valence-corrected chi connectivity index (χ1v) is 14.1. The summed E-state index contributed by atoms with van der Waals surface area (Å²) in [6.45, 7) is 1.88. The minimum atomic E-state index is -1.03. The summed E-state index contributed by atoms with van der Waals surface area (Å²) in [5, 5.41) is 17.0. The van der Waals surface area contributed by atoms with Gasteiger partial charge in [-0.1, -0.05) is 31.0 Å². The SMILES string of the molecule is CCc1nc2ccc(C=C3SC(=Nc4cc(NC(=O)C5CCC5)ccc4Cl)NC3=O)cc2c(N(C)C)c1C(=O)O. The molecule has 0 bridgehead atoms. The lowest BCUT2D eigenvalue weighted by Gasteiger charge is -2.24. The van der Waals surface area contributed by atoms with Crippen molar-refractivity contribution in [2.45, 2.75) is 32.6 Å². The molecule has 2 fully saturated rings. The summed E-state index contributed by atoms with van der Waals surface area (Å²) in [5.74, 6) is -1.30. The molecule has 0 atom stereocenters. The van der Waals surface area contributed by atoms with Crippen LogP contribution in [0.1, 0.15) is 47.8 Å². The predicted molar refractivity (Wildman–Crippen MR) is 161 cm³/mol. The summed E-state index contributed by atoms with van der Waals surface area (Å²) in [6.07, 6.45) is 5.09. The van der Waals surface area contributed by atoms with Crippen LogP contribution in [0.15, 0.2) is 46.3 Å². The lowest BCUT2D eigenvalue weighted by atomic mass is 9.85. The fourth-order valence-electron chi connectivity index (χ4n) is 4.68. The van der Waals surface area contributed by atoms with Crippen molar-refractivity contribution in [1.82, 2.24) is 10.3 Å². The Labute approximate surface area is 240 Å².